The maximum Gasteiger partial charge on any atom is 0.127 e. The molecule has 0 N–H and O–H groups in total. The summed E-state index contributed by atoms with van der Waals surface area (Å²) in [4.78, 5) is 4.82. The van der Waals surface area contributed by atoms with Crippen molar-refractivity contribution >= 4 is 98.8 Å². The molecule has 0 aliphatic carbocycles. The number of hydrogen-bond donors (Lipinski definition) is 0. The van der Waals surface area contributed by atoms with Gasteiger partial charge in [0.05, 0.1) is 87.0 Å². The number of unbranched alkanes of at least 4 members (excludes halogenated alkanes) is 8. The van der Waals surface area contributed by atoms with Gasteiger partial charge < -0.3 is 47.7 Å². The minimum atomic E-state index is 0.595. The van der Waals surface area contributed by atoms with Crippen LogP contribution >= 0.6 is 0 Å². The predicted octanol–water partition coefficient (Wildman–Crippen LogP) is 28.4. The number of benzene rings is 11. The van der Waals surface area contributed by atoms with Crippen LogP contribution < -0.4 is 47.7 Å². The summed E-state index contributed by atoms with van der Waals surface area (Å²) in [5.41, 5.74) is 14.4. The molecule has 0 aliphatic rings. The topological polar surface area (TPSA) is 80.3 Å². The van der Waals surface area contributed by atoms with Crippen molar-refractivity contribution in [3.8, 4) is 68.2 Å². The first-order chi connectivity index (χ1) is 53.0. The Morgan fingerprint density at radius 2 is 0.435 bits per heavy atom. The number of rotatable bonds is 40. The standard InChI is InChI=1S/C98H112N2O8/c1-13-21-49-101-83-57-71(58-84(65(83)9)102-50-22-14-2)99(72-59-85(103-51-23-15-3)66(10)86(60-72)104-52-24-16-4)81-47-45-79-93-75(81)41-35-43-77(93)95-91(69-37-31-29-32-38-69)98-80-46-48-82(76-42-36-44-78(94(76)80)96(98)92(97(79)95)70-39-33-30-34-40-70)100(73-61-87(105-53-25-17-5)67(11)88(62-73)106-54-26-18-6)74-63-89(107-55-27-19-7)68(12)90(64-74)108-56-28-20-8/h29-48,57-64H,13-28,49-56H2,1-12H3. The van der Waals surface area contributed by atoms with Crippen LogP contribution in [0.25, 0.3) is 86.9 Å². The lowest BCUT2D eigenvalue weighted by molar-refractivity contribution is 0.290. The molecule has 13 aromatic carbocycles. The van der Waals surface area contributed by atoms with Gasteiger partial charge in [-0.3, -0.25) is 0 Å². The molecule has 0 atom stereocenters. The Morgan fingerprint density at radius 3 is 0.657 bits per heavy atom. The van der Waals surface area contributed by atoms with Crippen molar-refractivity contribution < 1.29 is 37.9 Å². The molecule has 13 rings (SSSR count). The maximum absolute atomic E-state index is 6.82. The molecule has 0 unspecified atom stereocenters. The zero-order valence-corrected chi connectivity index (χ0v) is 66.3. The summed E-state index contributed by atoms with van der Waals surface area (Å²) in [7, 11) is 0. The summed E-state index contributed by atoms with van der Waals surface area (Å²) in [6.45, 7) is 31.0. The van der Waals surface area contributed by atoms with Gasteiger partial charge in [-0.15, -0.1) is 0 Å². The molecule has 108 heavy (non-hydrogen) atoms. The fraction of sp³-hybridized carbons (Fsp3) is 0.367. The fourth-order valence-corrected chi connectivity index (χ4v) is 15.4. The number of hydrogen-bond acceptors (Lipinski definition) is 10. The molecule has 0 bridgehead atoms. The Bertz CT molecular complexity index is 4530. The third-order valence-corrected chi connectivity index (χ3v) is 21.5. The van der Waals surface area contributed by atoms with Crippen LogP contribution in [0.4, 0.5) is 34.1 Å². The van der Waals surface area contributed by atoms with Gasteiger partial charge in [0, 0.05) is 81.6 Å². The van der Waals surface area contributed by atoms with Crippen LogP contribution in [0.2, 0.25) is 0 Å². The van der Waals surface area contributed by atoms with Crippen LogP contribution in [0.15, 0.2) is 170 Å². The summed E-state index contributed by atoms with van der Waals surface area (Å²) in [6, 6.07) is 63.6. The van der Waals surface area contributed by atoms with Crippen LogP contribution in [-0.4, -0.2) is 52.9 Å². The predicted molar refractivity (Wildman–Crippen MR) is 456 cm³/mol. The summed E-state index contributed by atoms with van der Waals surface area (Å²) in [5.74, 6) is 6.47. The van der Waals surface area contributed by atoms with E-state index in [1.165, 1.54) is 65.0 Å². The van der Waals surface area contributed by atoms with Gasteiger partial charge in [0.15, 0.2) is 0 Å². The average Bonchev–Trinajstić information content (AvgIpc) is 1.52. The summed E-state index contributed by atoms with van der Waals surface area (Å²) >= 11 is 0. The van der Waals surface area contributed by atoms with Crippen molar-refractivity contribution in [2.75, 3.05) is 62.7 Å². The summed E-state index contributed by atoms with van der Waals surface area (Å²) in [6.07, 6.45) is 15.6. The van der Waals surface area contributed by atoms with E-state index in [4.69, 9.17) is 37.9 Å². The number of ether oxygens (including phenoxy) is 8. The zero-order chi connectivity index (χ0) is 75.2. The number of fused-ring (bicyclic) bond motifs is 6. The third kappa shape index (κ3) is 15.5. The minimum absolute atomic E-state index is 0.595. The van der Waals surface area contributed by atoms with E-state index < -0.39 is 0 Å². The second-order valence-electron chi connectivity index (χ2n) is 29.3. The molecule has 0 aromatic heterocycles. The van der Waals surface area contributed by atoms with Crippen molar-refractivity contribution in [2.45, 2.75) is 186 Å². The van der Waals surface area contributed by atoms with Gasteiger partial charge in [0.25, 0.3) is 0 Å². The van der Waals surface area contributed by atoms with Gasteiger partial charge in [-0.05, 0) is 167 Å². The van der Waals surface area contributed by atoms with Crippen molar-refractivity contribution in [1.29, 1.82) is 0 Å². The molecule has 10 nitrogen and oxygen atoms in total. The highest BCUT2D eigenvalue weighted by Gasteiger charge is 2.32. The molecule has 562 valence electrons. The van der Waals surface area contributed by atoms with E-state index in [0.717, 1.165) is 227 Å². The highest BCUT2D eigenvalue weighted by Crippen LogP contribution is 2.59. The van der Waals surface area contributed by atoms with Crippen LogP contribution in [0.5, 0.6) is 46.0 Å². The second-order valence-corrected chi connectivity index (χ2v) is 29.3. The van der Waals surface area contributed by atoms with Gasteiger partial charge in [0.2, 0.25) is 0 Å². The Labute approximate surface area is 641 Å². The van der Waals surface area contributed by atoms with Gasteiger partial charge >= 0.3 is 0 Å². The molecule has 0 saturated carbocycles. The zero-order valence-electron chi connectivity index (χ0n) is 66.3. The molecular weight excluding hydrogens is 1330 g/mol. The molecular formula is C98H112N2O8. The van der Waals surface area contributed by atoms with Crippen LogP contribution in [0.1, 0.15) is 180 Å². The Morgan fingerprint density at radius 1 is 0.222 bits per heavy atom. The van der Waals surface area contributed by atoms with E-state index in [-0.39, 0.29) is 0 Å². The Hall–Kier alpha value is -10.1. The van der Waals surface area contributed by atoms with Crippen molar-refractivity contribution in [1.82, 2.24) is 0 Å². The highest BCUT2D eigenvalue weighted by molar-refractivity contribution is 6.47. The molecule has 0 heterocycles. The lowest BCUT2D eigenvalue weighted by Crippen LogP contribution is -2.13. The van der Waals surface area contributed by atoms with E-state index in [1.54, 1.807) is 0 Å². The molecule has 13 aromatic rings. The highest BCUT2D eigenvalue weighted by atomic mass is 16.5. The van der Waals surface area contributed by atoms with Crippen molar-refractivity contribution in [3.05, 3.63) is 192 Å². The monoisotopic (exact) mass is 1440 g/mol. The lowest BCUT2D eigenvalue weighted by atomic mass is 9.87. The summed E-state index contributed by atoms with van der Waals surface area (Å²) < 4.78 is 54.6. The molecule has 0 spiro atoms. The van der Waals surface area contributed by atoms with E-state index in [0.29, 0.717) is 52.9 Å². The molecule has 0 saturated heterocycles. The molecule has 0 fully saturated rings. The van der Waals surface area contributed by atoms with E-state index in [9.17, 15) is 0 Å². The van der Waals surface area contributed by atoms with Gasteiger partial charge in [0.1, 0.15) is 46.0 Å². The lowest BCUT2D eigenvalue weighted by Gasteiger charge is -2.30. The Kier molecular flexibility index (Phi) is 25.2. The number of nitrogens with zero attached hydrogens (tertiary/aromatic N) is 2. The van der Waals surface area contributed by atoms with Gasteiger partial charge in [-0.1, -0.05) is 216 Å². The Balaban J connectivity index is 1.14. The first kappa shape index (κ1) is 76.1. The molecule has 10 heteroatoms. The van der Waals surface area contributed by atoms with E-state index in [2.05, 4.69) is 263 Å². The van der Waals surface area contributed by atoms with E-state index in [1.807, 2.05) is 0 Å². The third-order valence-electron chi connectivity index (χ3n) is 21.5. The van der Waals surface area contributed by atoms with Gasteiger partial charge in [-0.25, -0.2) is 0 Å². The summed E-state index contributed by atoms with van der Waals surface area (Å²) in [5, 5.41) is 14.2. The smallest absolute Gasteiger partial charge is 0.127 e. The first-order valence-corrected chi connectivity index (χ1v) is 40.7. The fourth-order valence-electron chi connectivity index (χ4n) is 15.4. The largest absolute Gasteiger partial charge is 0.493 e. The minimum Gasteiger partial charge on any atom is -0.493 e. The van der Waals surface area contributed by atoms with Crippen LogP contribution in [-0.2, 0) is 0 Å². The number of anilines is 6. The van der Waals surface area contributed by atoms with Crippen LogP contribution in [0, 0.1) is 27.7 Å². The second kappa shape index (κ2) is 35.8. The average molecular weight is 1450 g/mol. The quantitative estimate of drug-likeness (QED) is 0.0347. The van der Waals surface area contributed by atoms with Crippen molar-refractivity contribution in [3.63, 3.8) is 0 Å². The van der Waals surface area contributed by atoms with Crippen LogP contribution in [0.3, 0.4) is 0 Å². The first-order valence-electron chi connectivity index (χ1n) is 40.7. The maximum atomic E-state index is 6.82. The normalized spacial score (nSPS) is 11.7. The van der Waals surface area contributed by atoms with Crippen molar-refractivity contribution in [2.24, 2.45) is 0 Å². The van der Waals surface area contributed by atoms with E-state index >= 15 is 0 Å². The molecule has 0 amide bonds. The van der Waals surface area contributed by atoms with Gasteiger partial charge in [-0.2, -0.15) is 0 Å². The molecule has 0 aliphatic heterocycles. The SMILES string of the molecule is CCCCOc1cc(N(c2cc(OCCCC)c(C)c(OCCCC)c2)c2ccc3c4c(-c5ccccc5)c5c6cccc7c(N(c8cc(OCCCC)c(C)c(OCCCC)c8)c8cc(OCCCC)c(C)c(OCCCC)c8)ccc(c5c(-c5ccccc5)c4c4cccc2c43)c76)cc(OCCCC)c1C. The molecule has 0 radical (unpaired) electrons.